The number of H-pyrrole nitrogens is 1. The highest BCUT2D eigenvalue weighted by Crippen LogP contribution is 2.48. The molecule has 1 aromatic carbocycles. The number of nitrogens with two attached hydrogens (primary N) is 1. The summed E-state index contributed by atoms with van der Waals surface area (Å²) >= 11 is 6.35. The number of fused-ring (bicyclic) bond motifs is 1. The zero-order valence-electron chi connectivity index (χ0n) is 34.6. The topological polar surface area (TPSA) is 145 Å². The molecule has 5 aliphatic rings. The summed E-state index contributed by atoms with van der Waals surface area (Å²) in [6.45, 7) is 11.4. The van der Waals surface area contributed by atoms with Gasteiger partial charge in [-0.3, -0.25) is 9.79 Å². The number of ether oxygens (including phenoxy) is 2. The SMILES string of the molecule is CC(C)(C)OC(=O)N1C(=N[C@@H](CCN2CCC(OC3CCN(C(=O)[C@H](N)C4CCCCC4)CC3)CC2)c2ccc(Cl)cc2)C12CCN(c1ncnc3[nH]ccc13)CC2. The van der Waals surface area contributed by atoms with Crippen LogP contribution in [0.3, 0.4) is 0 Å². The Bertz CT molecular complexity index is 1900. The molecule has 4 saturated heterocycles. The van der Waals surface area contributed by atoms with Crippen molar-refractivity contribution in [3.05, 3.63) is 53.4 Å². The normalized spacial score (nSPS) is 23.1. The zero-order chi connectivity index (χ0) is 40.4. The number of rotatable bonds is 10. The molecule has 314 valence electrons. The third-order valence-electron chi connectivity index (χ3n) is 13.2. The van der Waals surface area contributed by atoms with Crippen molar-refractivity contribution in [2.45, 2.75) is 133 Å². The number of halogens is 1. The van der Waals surface area contributed by atoms with Gasteiger partial charge >= 0.3 is 6.09 Å². The smallest absolute Gasteiger partial charge is 0.416 e. The summed E-state index contributed by atoms with van der Waals surface area (Å²) in [5.41, 5.74) is 7.25. The maximum absolute atomic E-state index is 13.8. The molecule has 0 radical (unpaired) electrons. The molecular formula is C44H62ClN9O4. The maximum Gasteiger partial charge on any atom is 0.416 e. The van der Waals surface area contributed by atoms with Crippen LogP contribution in [-0.4, -0.2) is 123 Å². The van der Waals surface area contributed by atoms with E-state index in [1.807, 2.05) is 55.0 Å². The average molecular weight is 816 g/mol. The average Bonchev–Trinajstić information content (AvgIpc) is 3.53. The molecule has 58 heavy (non-hydrogen) atoms. The van der Waals surface area contributed by atoms with Gasteiger partial charge in [0.15, 0.2) is 0 Å². The Kier molecular flexibility index (Phi) is 12.3. The first-order valence-corrected chi connectivity index (χ1v) is 22.2. The van der Waals surface area contributed by atoms with E-state index in [-0.39, 0.29) is 36.3 Å². The quantitative estimate of drug-likeness (QED) is 0.205. The Morgan fingerprint density at radius 2 is 1.60 bits per heavy atom. The number of aromatic amines is 1. The predicted molar refractivity (Wildman–Crippen MR) is 227 cm³/mol. The van der Waals surface area contributed by atoms with E-state index in [2.05, 4.69) is 36.9 Å². The van der Waals surface area contributed by atoms with Crippen molar-refractivity contribution in [1.82, 2.24) is 29.7 Å². The fourth-order valence-electron chi connectivity index (χ4n) is 9.80. The molecule has 1 aliphatic carbocycles. The largest absolute Gasteiger partial charge is 0.443 e. The van der Waals surface area contributed by atoms with Gasteiger partial charge in [0, 0.05) is 57.0 Å². The molecule has 1 spiro atoms. The summed E-state index contributed by atoms with van der Waals surface area (Å²) in [6.07, 6.45) is 15.4. The number of amides is 2. The van der Waals surface area contributed by atoms with Crippen molar-refractivity contribution in [3.8, 4) is 0 Å². The number of carbonyl (C=O) groups excluding carboxylic acids is 2. The van der Waals surface area contributed by atoms with Crippen molar-refractivity contribution in [2.75, 3.05) is 50.7 Å². The van der Waals surface area contributed by atoms with Crippen LogP contribution in [0.1, 0.15) is 109 Å². The summed E-state index contributed by atoms with van der Waals surface area (Å²) in [7, 11) is 0. The number of anilines is 1. The lowest BCUT2D eigenvalue weighted by Gasteiger charge is -2.38. The molecular weight excluding hydrogens is 754 g/mol. The number of aliphatic imine (C=N–C) groups is 1. The third-order valence-corrected chi connectivity index (χ3v) is 13.4. The van der Waals surface area contributed by atoms with E-state index in [0.29, 0.717) is 10.9 Å². The van der Waals surface area contributed by atoms with E-state index in [1.54, 1.807) is 6.33 Å². The second kappa shape index (κ2) is 17.4. The first-order chi connectivity index (χ1) is 28.0. The molecule has 8 rings (SSSR count). The minimum Gasteiger partial charge on any atom is -0.443 e. The molecule has 4 aliphatic heterocycles. The Morgan fingerprint density at radius 1 is 0.931 bits per heavy atom. The van der Waals surface area contributed by atoms with Gasteiger partial charge in [-0.25, -0.2) is 19.7 Å². The van der Waals surface area contributed by atoms with E-state index >= 15 is 0 Å². The van der Waals surface area contributed by atoms with Gasteiger partial charge in [0.05, 0.1) is 29.7 Å². The molecule has 14 heteroatoms. The van der Waals surface area contributed by atoms with Crippen LogP contribution in [0.4, 0.5) is 10.6 Å². The van der Waals surface area contributed by atoms with Gasteiger partial charge in [0.1, 0.15) is 34.8 Å². The number of carbonyl (C=O) groups is 2. The summed E-state index contributed by atoms with van der Waals surface area (Å²) in [5, 5.41) is 1.68. The van der Waals surface area contributed by atoms with Crippen LogP contribution in [0.5, 0.6) is 0 Å². The molecule has 6 heterocycles. The molecule has 3 N–H and O–H groups in total. The number of benzene rings is 1. The summed E-state index contributed by atoms with van der Waals surface area (Å²) in [6, 6.07) is 9.49. The second-order valence-electron chi connectivity index (χ2n) is 18.2. The summed E-state index contributed by atoms with van der Waals surface area (Å²) < 4.78 is 12.6. The van der Waals surface area contributed by atoms with Gasteiger partial charge in [-0.05, 0) is 108 Å². The number of nitrogens with one attached hydrogen (secondary N) is 1. The van der Waals surface area contributed by atoms with E-state index in [4.69, 9.17) is 31.8 Å². The molecule has 13 nitrogen and oxygen atoms in total. The van der Waals surface area contributed by atoms with Gasteiger partial charge in [-0.1, -0.05) is 43.0 Å². The molecule has 2 amide bonds. The van der Waals surface area contributed by atoms with Crippen LogP contribution in [-0.2, 0) is 14.3 Å². The summed E-state index contributed by atoms with van der Waals surface area (Å²) in [4.78, 5) is 53.2. The third kappa shape index (κ3) is 9.17. The van der Waals surface area contributed by atoms with Gasteiger partial charge in [0.2, 0.25) is 5.91 Å². The lowest BCUT2D eigenvalue weighted by molar-refractivity contribution is -0.138. The molecule has 2 atom stereocenters. The molecule has 3 aromatic rings. The number of likely N-dealkylation sites (tertiary alicyclic amines) is 2. The van der Waals surface area contributed by atoms with E-state index < -0.39 is 11.1 Å². The lowest BCUT2D eigenvalue weighted by Crippen LogP contribution is -2.51. The molecule has 0 unspecified atom stereocenters. The number of aromatic nitrogens is 3. The number of hydrogen-bond acceptors (Lipinski definition) is 10. The van der Waals surface area contributed by atoms with E-state index in [9.17, 15) is 9.59 Å². The lowest BCUT2D eigenvalue weighted by atomic mass is 9.83. The van der Waals surface area contributed by atoms with Crippen LogP contribution in [0.15, 0.2) is 47.8 Å². The molecule has 5 fully saturated rings. The van der Waals surface area contributed by atoms with E-state index in [1.165, 1.54) is 19.3 Å². The first-order valence-electron chi connectivity index (χ1n) is 21.8. The molecule has 0 bridgehead atoms. The predicted octanol–water partition coefficient (Wildman–Crippen LogP) is 7.11. The highest BCUT2D eigenvalue weighted by Gasteiger charge is 2.65. The minimum atomic E-state index is -0.627. The number of amidine groups is 1. The number of nitrogens with zero attached hydrogens (tertiary/aromatic N) is 7. The highest BCUT2D eigenvalue weighted by atomic mass is 35.5. The molecule has 1 saturated carbocycles. The Balaban J connectivity index is 0.884. The van der Waals surface area contributed by atoms with E-state index in [0.717, 1.165) is 132 Å². The minimum absolute atomic E-state index is 0.137. The molecule has 2 aromatic heterocycles. The van der Waals surface area contributed by atoms with Crippen molar-refractivity contribution in [1.29, 1.82) is 0 Å². The van der Waals surface area contributed by atoms with Crippen LogP contribution in [0.25, 0.3) is 11.0 Å². The second-order valence-corrected chi connectivity index (χ2v) is 18.6. The van der Waals surface area contributed by atoms with Crippen LogP contribution in [0, 0.1) is 5.92 Å². The van der Waals surface area contributed by atoms with Crippen LogP contribution < -0.4 is 10.6 Å². The van der Waals surface area contributed by atoms with Crippen LogP contribution >= 0.6 is 11.6 Å². The Morgan fingerprint density at radius 3 is 2.28 bits per heavy atom. The fourth-order valence-corrected chi connectivity index (χ4v) is 9.93. The zero-order valence-corrected chi connectivity index (χ0v) is 35.3. The number of piperidine rings is 3. The van der Waals surface area contributed by atoms with Crippen molar-refractivity contribution in [3.63, 3.8) is 0 Å². The van der Waals surface area contributed by atoms with Gasteiger partial charge in [0.25, 0.3) is 0 Å². The van der Waals surface area contributed by atoms with Crippen LogP contribution in [0.2, 0.25) is 5.02 Å². The van der Waals surface area contributed by atoms with Gasteiger partial charge in [-0.15, -0.1) is 0 Å². The maximum atomic E-state index is 13.8. The van der Waals surface area contributed by atoms with Crippen molar-refractivity contribution < 1.29 is 19.1 Å². The Hall–Kier alpha value is -3.78. The van der Waals surface area contributed by atoms with Gasteiger partial charge < -0.3 is 34.9 Å². The summed E-state index contributed by atoms with van der Waals surface area (Å²) in [5.74, 6) is 2.19. The van der Waals surface area contributed by atoms with Gasteiger partial charge in [-0.2, -0.15) is 0 Å². The first kappa shape index (κ1) is 41.0. The fraction of sp³-hybridized carbons (Fsp3) is 0.659. The highest BCUT2D eigenvalue weighted by molar-refractivity contribution is 6.30. The standard InChI is InChI=1S/C44H62ClN9O4/c1-43(2,3)58-42(56)54-41(44(54)19-27-52(28-20-44)39-35-13-21-47-38(35)48-29-49-39)50-36(30-9-11-32(45)12-10-30)18-24-51-22-14-33(15-23-51)57-34-16-25-53(26-17-34)40(55)37(46)31-7-5-4-6-8-31/h9-13,21,29,31,33-34,36-37H,4-8,14-20,22-28,46H2,1-3H3,(H,47,48,49)/t36-,37+,54?/m0/s1. The van der Waals surface area contributed by atoms with Crippen molar-refractivity contribution >= 4 is 46.3 Å². The Labute approximate surface area is 348 Å². The number of hydrogen-bond donors (Lipinski definition) is 2. The van der Waals surface area contributed by atoms with Crippen molar-refractivity contribution in [2.24, 2.45) is 16.6 Å². The monoisotopic (exact) mass is 815 g/mol.